The van der Waals surface area contributed by atoms with E-state index in [1.165, 1.54) is 24.8 Å². The fraction of sp³-hybridized carbons (Fsp3) is 0.429. The maximum absolute atomic E-state index is 12.1. The van der Waals surface area contributed by atoms with Crippen molar-refractivity contribution in [2.45, 2.75) is 52.5 Å². The summed E-state index contributed by atoms with van der Waals surface area (Å²) in [5.74, 6) is 0.867. The van der Waals surface area contributed by atoms with Gasteiger partial charge in [0.1, 0.15) is 5.75 Å². The van der Waals surface area contributed by atoms with Crippen LogP contribution in [0.1, 0.15) is 44.6 Å². The Kier molecular flexibility index (Phi) is 10.6. The number of anilines is 1. The summed E-state index contributed by atoms with van der Waals surface area (Å²) in [5.41, 5.74) is 2.02. The van der Waals surface area contributed by atoms with Crippen LogP contribution in [0.3, 0.4) is 0 Å². The fourth-order valence-corrected chi connectivity index (χ4v) is 2.49. The van der Waals surface area contributed by atoms with E-state index in [0.717, 1.165) is 24.5 Å². The third kappa shape index (κ3) is 8.48. The Morgan fingerprint density at radius 1 is 1.04 bits per heavy atom. The molecule has 0 spiro atoms. The van der Waals surface area contributed by atoms with Gasteiger partial charge in [0.15, 0.2) is 18.9 Å². The van der Waals surface area contributed by atoms with E-state index in [2.05, 4.69) is 19.2 Å². The maximum Gasteiger partial charge on any atom is 0.230 e. The van der Waals surface area contributed by atoms with Crippen LogP contribution in [0.25, 0.3) is 0 Å². The Morgan fingerprint density at radius 3 is 2.38 bits per heavy atom. The lowest BCUT2D eigenvalue weighted by atomic mass is 10.2. The van der Waals surface area contributed by atoms with Gasteiger partial charge in [-0.3, -0.25) is 4.79 Å². The predicted octanol–water partition coefficient (Wildman–Crippen LogP) is 1.27. The van der Waals surface area contributed by atoms with Crippen LogP contribution in [0.15, 0.2) is 48.8 Å². The van der Waals surface area contributed by atoms with Crippen LogP contribution < -0.4 is 31.6 Å². The number of unbranched alkanes of at least 4 members (excludes halogenated alkanes) is 3. The minimum absolute atomic E-state index is 0. The maximum atomic E-state index is 12.1. The zero-order valence-electron chi connectivity index (χ0n) is 15.7. The van der Waals surface area contributed by atoms with Gasteiger partial charge in [-0.1, -0.05) is 26.2 Å². The summed E-state index contributed by atoms with van der Waals surface area (Å²) in [4.78, 5) is 12.1. The largest absolute Gasteiger partial charge is 1.00 e. The van der Waals surface area contributed by atoms with Crippen molar-refractivity contribution in [3.63, 3.8) is 0 Å². The number of hydrogen-bond acceptors (Lipinski definition) is 2. The number of carbonyl (C=O) groups excluding carboxylic acids is 1. The molecular weight excluding hydrogens is 392 g/mol. The molecule has 0 saturated heterocycles. The number of hydrogen-bond donors (Lipinski definition) is 1. The average molecular weight is 421 g/mol. The monoisotopic (exact) mass is 420 g/mol. The third-order valence-corrected chi connectivity index (χ3v) is 4.06. The summed E-state index contributed by atoms with van der Waals surface area (Å²) >= 11 is 0. The molecule has 142 valence electrons. The second-order valence-electron chi connectivity index (χ2n) is 6.34. The van der Waals surface area contributed by atoms with Gasteiger partial charge in [0.25, 0.3) is 0 Å². The van der Waals surface area contributed by atoms with Crippen molar-refractivity contribution in [3.8, 4) is 5.75 Å². The van der Waals surface area contributed by atoms with Crippen molar-refractivity contribution in [1.82, 2.24) is 0 Å². The second kappa shape index (κ2) is 12.5. The van der Waals surface area contributed by atoms with Crippen LogP contribution in [-0.4, -0.2) is 12.5 Å². The minimum Gasteiger partial charge on any atom is -1.00 e. The van der Waals surface area contributed by atoms with E-state index in [4.69, 9.17) is 4.74 Å². The first kappa shape index (κ1) is 22.2. The smallest absolute Gasteiger partial charge is 0.230 e. The number of amides is 1. The molecule has 1 aromatic carbocycles. The molecule has 0 unspecified atom stereocenters. The van der Waals surface area contributed by atoms with Crippen LogP contribution in [-0.2, 0) is 11.3 Å². The van der Waals surface area contributed by atoms with E-state index in [9.17, 15) is 4.79 Å². The van der Waals surface area contributed by atoms with E-state index in [0.29, 0.717) is 13.0 Å². The van der Waals surface area contributed by atoms with Crippen molar-refractivity contribution >= 4 is 11.6 Å². The van der Waals surface area contributed by atoms with Crippen molar-refractivity contribution in [1.29, 1.82) is 0 Å². The summed E-state index contributed by atoms with van der Waals surface area (Å²) < 4.78 is 7.73. The number of rotatable bonds is 10. The SMILES string of the molecule is CCCCCCOc1ccc(NC(=O)CC[n+]2ccc(C)cc2)cc1.[Br-]. The molecule has 1 amide bonds. The van der Waals surface area contributed by atoms with E-state index in [1.54, 1.807) is 0 Å². The van der Waals surface area contributed by atoms with Gasteiger partial charge in [-0.05, 0) is 43.2 Å². The van der Waals surface area contributed by atoms with Crippen LogP contribution >= 0.6 is 0 Å². The number of nitrogens with zero attached hydrogens (tertiary/aromatic N) is 1. The second-order valence-corrected chi connectivity index (χ2v) is 6.34. The van der Waals surface area contributed by atoms with Crippen molar-refractivity contribution in [2.75, 3.05) is 11.9 Å². The molecule has 5 heteroatoms. The van der Waals surface area contributed by atoms with Crippen molar-refractivity contribution < 1.29 is 31.1 Å². The zero-order valence-corrected chi connectivity index (χ0v) is 17.3. The van der Waals surface area contributed by atoms with E-state index >= 15 is 0 Å². The normalized spacial score (nSPS) is 10.1. The summed E-state index contributed by atoms with van der Waals surface area (Å²) in [6.07, 6.45) is 9.23. The van der Waals surface area contributed by atoms with Gasteiger partial charge in [0, 0.05) is 17.8 Å². The molecule has 0 aliphatic carbocycles. The quantitative estimate of drug-likeness (QED) is 0.464. The Balaban J connectivity index is 0.00000338. The molecule has 0 aliphatic rings. The van der Waals surface area contributed by atoms with E-state index in [1.807, 2.05) is 53.4 Å². The highest BCUT2D eigenvalue weighted by Crippen LogP contribution is 2.16. The molecule has 0 atom stereocenters. The molecule has 2 aromatic rings. The van der Waals surface area contributed by atoms with Gasteiger partial charge in [-0.25, -0.2) is 4.57 Å². The van der Waals surface area contributed by atoms with Crippen molar-refractivity contribution in [3.05, 3.63) is 54.4 Å². The van der Waals surface area contributed by atoms with Crippen LogP contribution in [0, 0.1) is 6.92 Å². The molecule has 2 rings (SSSR count). The molecule has 0 fully saturated rings. The molecular formula is C21H29BrN2O2. The Bertz CT molecular complexity index is 642. The zero-order chi connectivity index (χ0) is 17.9. The van der Waals surface area contributed by atoms with E-state index in [-0.39, 0.29) is 22.9 Å². The Labute approximate surface area is 167 Å². The minimum atomic E-state index is 0. The van der Waals surface area contributed by atoms with Gasteiger partial charge < -0.3 is 27.0 Å². The van der Waals surface area contributed by atoms with Gasteiger partial charge in [-0.15, -0.1) is 0 Å². The summed E-state index contributed by atoms with van der Waals surface area (Å²) in [7, 11) is 0. The van der Waals surface area contributed by atoms with Crippen LogP contribution in [0.4, 0.5) is 5.69 Å². The number of nitrogens with one attached hydrogen (secondary N) is 1. The molecule has 4 nitrogen and oxygen atoms in total. The standard InChI is InChI=1S/C21H28N2O2.BrH/c1-3-4-5-6-17-25-20-9-7-19(8-10-20)22-21(24)13-16-23-14-11-18(2)12-15-23;/h7-12,14-15H,3-6,13,16-17H2,1-2H3;1H. The predicted molar refractivity (Wildman–Crippen MR) is 101 cm³/mol. The lowest BCUT2D eigenvalue weighted by molar-refractivity contribution is -0.695. The molecule has 1 aromatic heterocycles. The average Bonchev–Trinajstić information content (AvgIpc) is 2.62. The summed E-state index contributed by atoms with van der Waals surface area (Å²) in [6.45, 7) is 5.67. The number of aromatic nitrogens is 1. The lowest BCUT2D eigenvalue weighted by Gasteiger charge is -2.08. The third-order valence-electron chi connectivity index (χ3n) is 4.06. The van der Waals surface area contributed by atoms with Gasteiger partial charge in [0.2, 0.25) is 5.91 Å². The van der Waals surface area contributed by atoms with Crippen LogP contribution in [0.5, 0.6) is 5.75 Å². The summed E-state index contributed by atoms with van der Waals surface area (Å²) in [6, 6.07) is 11.7. The molecule has 1 N–H and O–H groups in total. The number of benzene rings is 1. The van der Waals surface area contributed by atoms with Gasteiger partial charge in [-0.2, -0.15) is 0 Å². The van der Waals surface area contributed by atoms with E-state index < -0.39 is 0 Å². The highest BCUT2D eigenvalue weighted by atomic mass is 79.9. The highest BCUT2D eigenvalue weighted by molar-refractivity contribution is 5.90. The lowest BCUT2D eigenvalue weighted by Crippen LogP contribution is -3.00. The first-order valence-electron chi connectivity index (χ1n) is 9.16. The first-order valence-corrected chi connectivity index (χ1v) is 9.16. The highest BCUT2D eigenvalue weighted by Gasteiger charge is 2.07. The fourth-order valence-electron chi connectivity index (χ4n) is 2.49. The molecule has 26 heavy (non-hydrogen) atoms. The Hall–Kier alpha value is -1.88. The van der Waals surface area contributed by atoms with Crippen molar-refractivity contribution in [2.24, 2.45) is 0 Å². The number of ether oxygens (including phenoxy) is 1. The number of pyridine rings is 1. The number of halogens is 1. The molecule has 0 bridgehead atoms. The summed E-state index contributed by atoms with van der Waals surface area (Å²) in [5, 5.41) is 2.93. The number of aryl methyl sites for hydroxylation is 2. The molecule has 0 aliphatic heterocycles. The van der Waals surface area contributed by atoms with Crippen LogP contribution in [0.2, 0.25) is 0 Å². The topological polar surface area (TPSA) is 42.2 Å². The molecule has 1 heterocycles. The number of carbonyl (C=O) groups is 1. The molecule has 0 radical (unpaired) electrons. The Morgan fingerprint density at radius 2 is 1.73 bits per heavy atom. The van der Waals surface area contributed by atoms with Gasteiger partial charge >= 0.3 is 0 Å². The first-order chi connectivity index (χ1) is 12.2. The molecule has 0 saturated carbocycles. The van der Waals surface area contributed by atoms with Gasteiger partial charge in [0.05, 0.1) is 13.0 Å².